The van der Waals surface area contributed by atoms with Crippen molar-refractivity contribution in [2.75, 3.05) is 26.3 Å². The number of hydrogen-bond acceptors (Lipinski definition) is 7. The molecule has 0 aliphatic carbocycles. The van der Waals surface area contributed by atoms with E-state index in [-0.39, 0.29) is 17.9 Å². The van der Waals surface area contributed by atoms with Gasteiger partial charge in [-0.1, -0.05) is 0 Å². The standard InChI is InChI=1S/C17H23N3O3.2C2HF3O2/c21-17(20-7-1-8-23-20)14-10-16-15(4-9-22-16)19(12-14)11-13-2-5-18-6-3-13;2*3-2(4,5)1(6)7/h2-3,5-6,14-16H,1,4,7-12H2;2*(H,6,7)/t14-,15+,16+;;/m0../s1. The molecule has 4 heterocycles. The average Bonchev–Trinajstić information content (AvgIpc) is 3.51. The van der Waals surface area contributed by atoms with Gasteiger partial charge in [0.15, 0.2) is 0 Å². The summed E-state index contributed by atoms with van der Waals surface area (Å²) < 4.78 is 69.4. The maximum atomic E-state index is 12.7. The highest BCUT2D eigenvalue weighted by Gasteiger charge is 2.43. The van der Waals surface area contributed by atoms with Gasteiger partial charge in [0.2, 0.25) is 0 Å². The average molecular weight is 545 g/mol. The third-order valence-electron chi connectivity index (χ3n) is 5.58. The highest BCUT2D eigenvalue weighted by Crippen LogP contribution is 2.33. The van der Waals surface area contributed by atoms with Crippen LogP contribution in [-0.4, -0.2) is 93.8 Å². The molecule has 1 amide bonds. The fourth-order valence-electron chi connectivity index (χ4n) is 3.96. The lowest BCUT2D eigenvalue weighted by Gasteiger charge is -2.41. The van der Waals surface area contributed by atoms with Gasteiger partial charge in [0, 0.05) is 38.1 Å². The number of hydrogen-bond donors (Lipinski definition) is 2. The number of carboxylic acids is 2. The molecular weight excluding hydrogens is 520 g/mol. The molecule has 3 aliphatic rings. The number of piperidine rings is 1. The van der Waals surface area contributed by atoms with Crippen LogP contribution in [0.2, 0.25) is 0 Å². The van der Waals surface area contributed by atoms with E-state index in [9.17, 15) is 31.1 Å². The molecule has 4 rings (SSSR count). The summed E-state index contributed by atoms with van der Waals surface area (Å²) in [5, 5.41) is 15.8. The summed E-state index contributed by atoms with van der Waals surface area (Å²) in [5.41, 5.74) is 1.23. The zero-order chi connectivity index (χ0) is 27.8. The van der Waals surface area contributed by atoms with Crippen molar-refractivity contribution >= 4 is 17.8 Å². The predicted molar refractivity (Wildman–Crippen MR) is 111 cm³/mol. The Kier molecular flexibility index (Phi) is 10.6. The fourth-order valence-corrected chi connectivity index (χ4v) is 3.96. The summed E-state index contributed by atoms with van der Waals surface area (Å²) in [5.74, 6) is -5.43. The molecular formula is C21H25F6N3O7. The minimum Gasteiger partial charge on any atom is -0.475 e. The number of likely N-dealkylation sites (tertiary alicyclic amines) is 1. The Bertz CT molecular complexity index is 886. The lowest BCUT2D eigenvalue weighted by atomic mass is 9.89. The van der Waals surface area contributed by atoms with E-state index in [1.165, 1.54) is 5.56 Å². The van der Waals surface area contributed by atoms with Crippen molar-refractivity contribution < 1.29 is 60.5 Å². The lowest BCUT2D eigenvalue weighted by molar-refractivity contribution is -0.193. The highest BCUT2D eigenvalue weighted by atomic mass is 19.4. The number of aliphatic carboxylic acids is 2. The van der Waals surface area contributed by atoms with Gasteiger partial charge in [-0.15, -0.1) is 0 Å². The normalized spacial score (nSPS) is 23.7. The van der Waals surface area contributed by atoms with E-state index in [0.717, 1.165) is 39.0 Å². The number of rotatable bonds is 3. The number of hydroxylamine groups is 2. The molecule has 0 bridgehead atoms. The third-order valence-corrected chi connectivity index (χ3v) is 5.58. The van der Waals surface area contributed by atoms with E-state index < -0.39 is 24.3 Å². The summed E-state index contributed by atoms with van der Waals surface area (Å²) in [6, 6.07) is 4.51. The molecule has 0 aromatic carbocycles. The van der Waals surface area contributed by atoms with Crippen LogP contribution in [0.4, 0.5) is 26.3 Å². The Morgan fingerprint density at radius 3 is 2.05 bits per heavy atom. The molecule has 0 saturated carbocycles. The maximum absolute atomic E-state index is 12.7. The smallest absolute Gasteiger partial charge is 0.475 e. The van der Waals surface area contributed by atoms with Crippen LogP contribution in [0.1, 0.15) is 24.8 Å². The van der Waals surface area contributed by atoms with E-state index in [1.54, 1.807) is 5.06 Å². The Balaban J connectivity index is 0.000000286. The molecule has 208 valence electrons. The van der Waals surface area contributed by atoms with Gasteiger partial charge in [-0.2, -0.15) is 26.3 Å². The number of carbonyl (C=O) groups is 3. The number of pyridine rings is 1. The Morgan fingerprint density at radius 1 is 1.00 bits per heavy atom. The molecule has 37 heavy (non-hydrogen) atoms. The van der Waals surface area contributed by atoms with Gasteiger partial charge >= 0.3 is 24.3 Å². The molecule has 0 spiro atoms. The van der Waals surface area contributed by atoms with Crippen LogP contribution < -0.4 is 0 Å². The molecule has 0 unspecified atom stereocenters. The van der Waals surface area contributed by atoms with Crippen LogP contribution in [-0.2, 0) is 30.5 Å². The number of ether oxygens (including phenoxy) is 1. The summed E-state index contributed by atoms with van der Waals surface area (Å²) in [6.07, 6.45) is -3.55. The second-order valence-electron chi connectivity index (χ2n) is 8.22. The van der Waals surface area contributed by atoms with Gasteiger partial charge < -0.3 is 14.9 Å². The molecule has 1 aromatic rings. The fraction of sp³-hybridized carbons (Fsp3) is 0.619. The van der Waals surface area contributed by atoms with Crippen molar-refractivity contribution in [2.24, 2.45) is 5.92 Å². The summed E-state index contributed by atoms with van der Waals surface area (Å²) in [6.45, 7) is 3.79. The summed E-state index contributed by atoms with van der Waals surface area (Å²) >= 11 is 0. The molecule has 3 saturated heterocycles. The quantitative estimate of drug-likeness (QED) is 0.551. The number of nitrogens with zero attached hydrogens (tertiary/aromatic N) is 3. The molecule has 3 fully saturated rings. The van der Waals surface area contributed by atoms with Crippen LogP contribution in [0, 0.1) is 5.92 Å². The van der Waals surface area contributed by atoms with Crippen LogP contribution in [0.5, 0.6) is 0 Å². The minimum absolute atomic E-state index is 0.0331. The van der Waals surface area contributed by atoms with Crippen molar-refractivity contribution in [2.45, 2.75) is 50.3 Å². The van der Waals surface area contributed by atoms with E-state index >= 15 is 0 Å². The second-order valence-corrected chi connectivity index (χ2v) is 8.22. The number of amides is 1. The number of aromatic nitrogens is 1. The van der Waals surface area contributed by atoms with E-state index in [0.29, 0.717) is 19.2 Å². The molecule has 10 nitrogen and oxygen atoms in total. The van der Waals surface area contributed by atoms with Crippen molar-refractivity contribution in [3.8, 4) is 0 Å². The van der Waals surface area contributed by atoms with Gasteiger partial charge in [0.1, 0.15) is 0 Å². The van der Waals surface area contributed by atoms with Crippen molar-refractivity contribution in [1.29, 1.82) is 0 Å². The zero-order valence-corrected chi connectivity index (χ0v) is 19.2. The maximum Gasteiger partial charge on any atom is 0.490 e. The Morgan fingerprint density at radius 2 is 1.57 bits per heavy atom. The van der Waals surface area contributed by atoms with Gasteiger partial charge in [0.05, 0.1) is 25.2 Å². The topological polar surface area (TPSA) is 129 Å². The predicted octanol–water partition coefficient (Wildman–Crippen LogP) is 2.49. The number of halogens is 6. The van der Waals surface area contributed by atoms with Crippen LogP contribution in [0.3, 0.4) is 0 Å². The van der Waals surface area contributed by atoms with Crippen LogP contribution in [0.25, 0.3) is 0 Å². The Labute approximate surface area is 206 Å². The first kappa shape index (κ1) is 30.2. The van der Waals surface area contributed by atoms with Crippen molar-refractivity contribution in [3.05, 3.63) is 30.1 Å². The van der Waals surface area contributed by atoms with Gasteiger partial charge in [-0.25, -0.2) is 14.7 Å². The first-order valence-electron chi connectivity index (χ1n) is 11.0. The zero-order valence-electron chi connectivity index (χ0n) is 19.2. The van der Waals surface area contributed by atoms with Gasteiger partial charge in [-0.3, -0.25) is 19.5 Å². The Hall–Kier alpha value is -2.98. The van der Waals surface area contributed by atoms with E-state index in [2.05, 4.69) is 9.88 Å². The van der Waals surface area contributed by atoms with E-state index in [4.69, 9.17) is 29.4 Å². The van der Waals surface area contributed by atoms with Crippen LogP contribution in [0.15, 0.2) is 24.5 Å². The molecule has 1 aromatic heterocycles. The SMILES string of the molecule is O=C(O)C(F)(F)F.O=C(O)C(F)(F)F.O=C([C@H]1C[C@H]2OCC[C@H]2N(Cc2ccncc2)C1)N1CCCO1. The minimum atomic E-state index is -5.08. The molecule has 0 radical (unpaired) electrons. The van der Waals surface area contributed by atoms with Crippen molar-refractivity contribution in [1.82, 2.24) is 14.9 Å². The van der Waals surface area contributed by atoms with Crippen molar-refractivity contribution in [3.63, 3.8) is 0 Å². The second kappa shape index (κ2) is 13.0. The number of carbonyl (C=O) groups excluding carboxylic acids is 1. The highest BCUT2D eigenvalue weighted by molar-refractivity contribution is 5.78. The largest absolute Gasteiger partial charge is 0.490 e. The van der Waals surface area contributed by atoms with E-state index in [1.807, 2.05) is 24.5 Å². The number of fused-ring (bicyclic) bond motifs is 1. The summed E-state index contributed by atoms with van der Waals surface area (Å²) in [4.78, 5) is 42.4. The first-order valence-corrected chi connectivity index (χ1v) is 11.0. The van der Waals surface area contributed by atoms with Crippen LogP contribution >= 0.6 is 0 Å². The number of carboxylic acid groups (broad SMARTS) is 2. The van der Waals surface area contributed by atoms with Gasteiger partial charge in [-0.05, 0) is 37.0 Å². The molecule has 16 heteroatoms. The first-order chi connectivity index (χ1) is 17.2. The summed E-state index contributed by atoms with van der Waals surface area (Å²) in [7, 11) is 0. The molecule has 2 N–H and O–H groups in total. The lowest BCUT2D eigenvalue weighted by Crippen LogP contribution is -2.52. The number of alkyl halides is 6. The monoisotopic (exact) mass is 545 g/mol. The molecule has 3 atom stereocenters. The molecule has 3 aliphatic heterocycles. The third kappa shape index (κ3) is 9.44. The van der Waals surface area contributed by atoms with Gasteiger partial charge in [0.25, 0.3) is 5.91 Å².